The summed E-state index contributed by atoms with van der Waals surface area (Å²) in [6.07, 6.45) is 7.62. The minimum absolute atomic E-state index is 0.117. The molecular formula is C18H28O5. The molecule has 2 aliphatic rings. The molecule has 130 valence electrons. The molecule has 0 unspecified atom stereocenters. The fourth-order valence-corrected chi connectivity index (χ4v) is 2.93. The summed E-state index contributed by atoms with van der Waals surface area (Å²) in [6.45, 7) is 7.59. The number of hydrogen-bond donors (Lipinski definition) is 1. The Balaban J connectivity index is 2.23. The van der Waals surface area contributed by atoms with Crippen molar-refractivity contribution in [3.8, 4) is 0 Å². The second-order valence-corrected chi connectivity index (χ2v) is 7.06. The van der Waals surface area contributed by atoms with Crippen LogP contribution >= 0.6 is 0 Å². The molecule has 2 heterocycles. The third kappa shape index (κ3) is 4.43. The number of ether oxygens (including phenoxy) is 3. The molecule has 1 saturated heterocycles. The molecule has 0 aliphatic carbocycles. The standard InChI is InChI=1S/C18H28O5/c1-12-6-7-15-18(4,23-15)14(21-5)8-10-17(3,20)11-9-16(19)22-13(12)2/h8-15,20H,6-7H2,1-5H3/b10-8+,11-9+/t12-,13+,14+,15+,17+,18-/m0/s1. The molecule has 2 aliphatic heterocycles. The second-order valence-electron chi connectivity index (χ2n) is 7.06. The monoisotopic (exact) mass is 324 g/mol. The predicted molar refractivity (Wildman–Crippen MR) is 86.9 cm³/mol. The molecule has 0 aromatic heterocycles. The average Bonchev–Trinajstić information content (AvgIpc) is 3.14. The van der Waals surface area contributed by atoms with Crippen molar-refractivity contribution >= 4 is 5.97 Å². The quantitative estimate of drug-likeness (QED) is 0.456. The summed E-state index contributed by atoms with van der Waals surface area (Å²) in [6, 6.07) is 0. The van der Waals surface area contributed by atoms with Crippen LogP contribution in [0.1, 0.15) is 40.5 Å². The first-order valence-electron chi connectivity index (χ1n) is 8.20. The topological polar surface area (TPSA) is 68.3 Å². The van der Waals surface area contributed by atoms with E-state index in [1.54, 1.807) is 26.2 Å². The molecule has 0 aromatic rings. The number of cyclic esters (lactones) is 1. The number of esters is 1. The molecule has 6 atom stereocenters. The first kappa shape index (κ1) is 18.2. The Bertz CT molecular complexity index is 496. The third-order valence-corrected chi connectivity index (χ3v) is 4.95. The predicted octanol–water partition coefficient (Wildman–Crippen LogP) is 2.38. The van der Waals surface area contributed by atoms with Gasteiger partial charge in [-0.15, -0.1) is 0 Å². The number of epoxide rings is 1. The molecule has 5 nitrogen and oxygen atoms in total. The summed E-state index contributed by atoms with van der Waals surface area (Å²) < 4.78 is 16.8. The molecule has 0 bridgehead atoms. The van der Waals surface area contributed by atoms with Gasteiger partial charge in [0.2, 0.25) is 0 Å². The van der Waals surface area contributed by atoms with Crippen molar-refractivity contribution in [1.82, 2.24) is 0 Å². The largest absolute Gasteiger partial charge is 0.459 e. The SMILES string of the molecule is CO[C@@H]1/C=C/[C@@](C)(O)/C=C/C(=O)O[C@H](C)[C@@H](C)CC[C@H]2O[C@@]12C. The number of methoxy groups -OCH3 is 1. The molecule has 0 aromatic carbocycles. The normalized spacial score (nSPS) is 47.8. The molecule has 5 heteroatoms. The van der Waals surface area contributed by atoms with Gasteiger partial charge in [-0.2, -0.15) is 0 Å². The van der Waals surface area contributed by atoms with Crippen molar-refractivity contribution in [2.75, 3.05) is 7.11 Å². The van der Waals surface area contributed by atoms with Crippen LogP contribution in [0.3, 0.4) is 0 Å². The van der Waals surface area contributed by atoms with Gasteiger partial charge in [-0.25, -0.2) is 4.79 Å². The van der Waals surface area contributed by atoms with E-state index in [2.05, 4.69) is 6.92 Å². The third-order valence-electron chi connectivity index (χ3n) is 4.95. The van der Waals surface area contributed by atoms with Crippen LogP contribution in [0.15, 0.2) is 24.3 Å². The maximum Gasteiger partial charge on any atom is 0.330 e. The van der Waals surface area contributed by atoms with Gasteiger partial charge in [-0.05, 0) is 45.6 Å². The van der Waals surface area contributed by atoms with E-state index in [1.165, 1.54) is 12.2 Å². The van der Waals surface area contributed by atoms with E-state index in [4.69, 9.17) is 14.2 Å². The molecule has 23 heavy (non-hydrogen) atoms. The number of fused-ring (bicyclic) bond motifs is 1. The molecular weight excluding hydrogens is 296 g/mol. The lowest BCUT2D eigenvalue weighted by Crippen LogP contribution is -2.31. The van der Waals surface area contributed by atoms with Gasteiger partial charge in [0.1, 0.15) is 17.8 Å². The van der Waals surface area contributed by atoms with E-state index < -0.39 is 11.6 Å². The fourth-order valence-electron chi connectivity index (χ4n) is 2.93. The Labute approximate surface area is 138 Å². The Kier molecular flexibility index (Phi) is 5.33. The van der Waals surface area contributed by atoms with Crippen LogP contribution in [0.5, 0.6) is 0 Å². The van der Waals surface area contributed by atoms with Crippen LogP contribution < -0.4 is 0 Å². The van der Waals surface area contributed by atoms with Crippen molar-refractivity contribution < 1.29 is 24.1 Å². The molecule has 0 radical (unpaired) electrons. The summed E-state index contributed by atoms with van der Waals surface area (Å²) in [5.41, 5.74) is -1.62. The van der Waals surface area contributed by atoms with Crippen LogP contribution in [0, 0.1) is 5.92 Å². The van der Waals surface area contributed by atoms with Gasteiger partial charge in [0.15, 0.2) is 0 Å². The molecule has 2 rings (SSSR count). The minimum Gasteiger partial charge on any atom is -0.459 e. The highest BCUT2D eigenvalue weighted by Gasteiger charge is 2.57. The van der Waals surface area contributed by atoms with Gasteiger partial charge < -0.3 is 19.3 Å². The summed E-state index contributed by atoms with van der Waals surface area (Å²) in [7, 11) is 1.63. The summed E-state index contributed by atoms with van der Waals surface area (Å²) in [5.74, 6) is -0.202. The number of rotatable bonds is 1. The van der Waals surface area contributed by atoms with E-state index in [1.807, 2.05) is 13.8 Å². The van der Waals surface area contributed by atoms with Crippen LogP contribution in [-0.4, -0.2) is 47.7 Å². The van der Waals surface area contributed by atoms with Crippen molar-refractivity contribution in [2.45, 2.75) is 70.1 Å². The van der Waals surface area contributed by atoms with Crippen LogP contribution in [0.25, 0.3) is 0 Å². The lowest BCUT2D eigenvalue weighted by molar-refractivity contribution is -0.144. The Morgan fingerprint density at radius 1 is 1.26 bits per heavy atom. The van der Waals surface area contributed by atoms with Gasteiger partial charge in [-0.3, -0.25) is 0 Å². The summed E-state index contributed by atoms with van der Waals surface area (Å²) >= 11 is 0. The highest BCUT2D eigenvalue weighted by atomic mass is 16.6. The van der Waals surface area contributed by atoms with E-state index in [9.17, 15) is 9.90 Å². The Morgan fingerprint density at radius 3 is 2.61 bits per heavy atom. The van der Waals surface area contributed by atoms with E-state index in [-0.39, 0.29) is 29.8 Å². The maximum absolute atomic E-state index is 11.8. The molecule has 0 spiro atoms. The van der Waals surface area contributed by atoms with Gasteiger partial charge in [-0.1, -0.05) is 19.1 Å². The van der Waals surface area contributed by atoms with Crippen molar-refractivity contribution in [1.29, 1.82) is 0 Å². The first-order chi connectivity index (χ1) is 10.7. The Morgan fingerprint density at radius 2 is 1.96 bits per heavy atom. The highest BCUT2D eigenvalue weighted by molar-refractivity contribution is 5.82. The highest BCUT2D eigenvalue weighted by Crippen LogP contribution is 2.44. The lowest BCUT2D eigenvalue weighted by atomic mass is 9.91. The van der Waals surface area contributed by atoms with Crippen LogP contribution in [0.4, 0.5) is 0 Å². The molecule has 1 N–H and O–H groups in total. The van der Waals surface area contributed by atoms with Gasteiger partial charge in [0, 0.05) is 13.2 Å². The molecule has 0 amide bonds. The second kappa shape index (κ2) is 6.75. The summed E-state index contributed by atoms with van der Waals surface area (Å²) in [4.78, 5) is 11.8. The average molecular weight is 324 g/mol. The number of aliphatic hydroxyl groups is 1. The van der Waals surface area contributed by atoms with E-state index in [0.29, 0.717) is 0 Å². The van der Waals surface area contributed by atoms with E-state index in [0.717, 1.165) is 12.8 Å². The van der Waals surface area contributed by atoms with Crippen molar-refractivity contribution in [2.24, 2.45) is 5.92 Å². The maximum atomic E-state index is 11.8. The first-order valence-corrected chi connectivity index (χ1v) is 8.20. The number of carbonyl (C=O) groups is 1. The minimum atomic E-state index is -1.25. The fraction of sp³-hybridized carbons (Fsp3) is 0.722. The Hall–Kier alpha value is -1.17. The van der Waals surface area contributed by atoms with Gasteiger partial charge in [0.05, 0.1) is 11.7 Å². The lowest BCUT2D eigenvalue weighted by Gasteiger charge is -2.22. The van der Waals surface area contributed by atoms with Gasteiger partial charge in [0.25, 0.3) is 0 Å². The molecule has 0 saturated carbocycles. The van der Waals surface area contributed by atoms with Gasteiger partial charge >= 0.3 is 5.97 Å². The van der Waals surface area contributed by atoms with Crippen LogP contribution in [-0.2, 0) is 19.0 Å². The van der Waals surface area contributed by atoms with Crippen molar-refractivity contribution in [3.05, 3.63) is 24.3 Å². The van der Waals surface area contributed by atoms with E-state index >= 15 is 0 Å². The zero-order chi connectivity index (χ0) is 17.3. The molecule has 1 fully saturated rings. The number of carbonyl (C=O) groups excluding carboxylic acids is 1. The zero-order valence-corrected chi connectivity index (χ0v) is 14.6. The number of hydrogen-bond acceptors (Lipinski definition) is 5. The van der Waals surface area contributed by atoms with Crippen LogP contribution in [0.2, 0.25) is 0 Å². The zero-order valence-electron chi connectivity index (χ0n) is 14.6. The summed E-state index contributed by atoms with van der Waals surface area (Å²) in [5, 5.41) is 10.3. The smallest absolute Gasteiger partial charge is 0.330 e. The van der Waals surface area contributed by atoms with Crippen molar-refractivity contribution in [3.63, 3.8) is 0 Å².